The third-order valence-electron chi connectivity index (χ3n) is 7.41. The molecule has 4 fully saturated rings. The first-order valence-electron chi connectivity index (χ1n) is 15.0. The molecule has 4 aliphatic heterocycles. The molecule has 10 heteroatoms. The lowest BCUT2D eigenvalue weighted by Crippen LogP contribution is -2.47. The van der Waals surface area contributed by atoms with E-state index in [-0.39, 0.29) is 0 Å². The lowest BCUT2D eigenvalue weighted by molar-refractivity contribution is -0.0794. The van der Waals surface area contributed by atoms with Crippen molar-refractivity contribution in [3.05, 3.63) is 0 Å². The summed E-state index contributed by atoms with van der Waals surface area (Å²) in [6, 6.07) is 0. The highest BCUT2D eigenvalue weighted by atomic mass is 16.5. The van der Waals surface area contributed by atoms with Gasteiger partial charge in [-0.1, -0.05) is 0 Å². The minimum absolute atomic E-state index is 0.338. The first-order chi connectivity index (χ1) is 18.5. The maximum atomic E-state index is 5.82. The highest BCUT2D eigenvalue weighted by Gasteiger charge is 2.23. The molecule has 0 aromatic carbocycles. The van der Waals surface area contributed by atoms with E-state index in [0.717, 1.165) is 131 Å². The molecule has 0 aromatic rings. The largest absolute Gasteiger partial charge is 0.379 e. The Labute approximate surface area is 231 Å². The molecule has 0 aromatic heterocycles. The summed E-state index contributed by atoms with van der Waals surface area (Å²) in [5.41, 5.74) is 0. The predicted octanol–water partition coefficient (Wildman–Crippen LogP) is 0.889. The SMILES string of the molecule is C1CN(CCOCCN2CCOCC2)CCO1.CC1CN(CCOCCN2CC(C)OC(C)C2)CC(C)O1. The quantitative estimate of drug-likeness (QED) is 0.331. The molecule has 0 spiro atoms. The first-order valence-corrected chi connectivity index (χ1v) is 15.0. The summed E-state index contributed by atoms with van der Waals surface area (Å²) >= 11 is 0. The average molecular weight is 545 g/mol. The zero-order chi connectivity index (χ0) is 27.0. The highest BCUT2D eigenvalue weighted by molar-refractivity contribution is 4.74. The molecule has 10 nitrogen and oxygen atoms in total. The van der Waals surface area contributed by atoms with Gasteiger partial charge in [-0.15, -0.1) is 0 Å². The summed E-state index contributed by atoms with van der Waals surface area (Å²) in [6.07, 6.45) is 1.35. The van der Waals surface area contributed by atoms with Crippen LogP contribution >= 0.6 is 0 Å². The smallest absolute Gasteiger partial charge is 0.0678 e. The second-order valence-corrected chi connectivity index (χ2v) is 11.2. The molecule has 4 saturated heterocycles. The van der Waals surface area contributed by atoms with E-state index < -0.39 is 0 Å². The fourth-order valence-electron chi connectivity index (χ4n) is 5.56. The Bertz CT molecular complexity index is 526. The average Bonchev–Trinajstić information content (AvgIpc) is 2.89. The Kier molecular flexibility index (Phi) is 15.9. The third-order valence-corrected chi connectivity index (χ3v) is 7.41. The topological polar surface area (TPSA) is 68.3 Å². The Morgan fingerprint density at radius 3 is 1.08 bits per heavy atom. The fourth-order valence-corrected chi connectivity index (χ4v) is 5.56. The molecule has 224 valence electrons. The van der Waals surface area contributed by atoms with Crippen LogP contribution in [0.5, 0.6) is 0 Å². The van der Waals surface area contributed by atoms with Crippen molar-refractivity contribution in [2.24, 2.45) is 0 Å². The van der Waals surface area contributed by atoms with E-state index in [4.69, 9.17) is 28.4 Å². The molecule has 0 saturated carbocycles. The van der Waals surface area contributed by atoms with Crippen LogP contribution < -0.4 is 0 Å². The van der Waals surface area contributed by atoms with Gasteiger partial charge >= 0.3 is 0 Å². The van der Waals surface area contributed by atoms with Crippen LogP contribution in [0.15, 0.2) is 0 Å². The van der Waals surface area contributed by atoms with Crippen LogP contribution in [0.1, 0.15) is 27.7 Å². The normalized spacial score (nSPS) is 30.6. The summed E-state index contributed by atoms with van der Waals surface area (Å²) in [7, 11) is 0. The van der Waals surface area contributed by atoms with Gasteiger partial charge in [0, 0.05) is 78.5 Å². The standard InChI is InChI=1S/C16H32N2O3.C12H24N2O3/c1-13-9-17(10-14(2)20-13)5-7-19-8-6-18-11-15(3)21-16(4)12-18;1-7-15-8-2-13(1)5-11-17-12-6-14-3-9-16-10-4-14/h13-16H,5-12H2,1-4H3;1-12H2. The van der Waals surface area contributed by atoms with Crippen molar-refractivity contribution in [3.8, 4) is 0 Å². The van der Waals surface area contributed by atoms with Crippen LogP contribution in [0, 0.1) is 0 Å². The molecule has 4 aliphatic rings. The first kappa shape index (κ1) is 32.1. The van der Waals surface area contributed by atoms with Crippen LogP contribution in [0.3, 0.4) is 0 Å². The number of hydrogen-bond acceptors (Lipinski definition) is 10. The van der Waals surface area contributed by atoms with Crippen molar-refractivity contribution in [2.75, 3.05) is 131 Å². The Morgan fingerprint density at radius 2 is 0.763 bits per heavy atom. The van der Waals surface area contributed by atoms with Crippen molar-refractivity contribution in [2.45, 2.75) is 52.1 Å². The second-order valence-electron chi connectivity index (χ2n) is 11.2. The fraction of sp³-hybridized carbons (Fsp3) is 1.00. The molecule has 4 rings (SSSR count). The molecule has 4 unspecified atom stereocenters. The van der Waals surface area contributed by atoms with E-state index in [1.807, 2.05) is 0 Å². The van der Waals surface area contributed by atoms with Gasteiger partial charge in [-0.05, 0) is 27.7 Å². The molecular formula is C28H56N4O6. The van der Waals surface area contributed by atoms with E-state index in [0.29, 0.717) is 24.4 Å². The zero-order valence-corrected chi connectivity index (χ0v) is 24.7. The van der Waals surface area contributed by atoms with Gasteiger partial charge in [-0.3, -0.25) is 19.6 Å². The lowest BCUT2D eigenvalue weighted by atomic mass is 10.2. The number of morpholine rings is 4. The van der Waals surface area contributed by atoms with Crippen LogP contribution in [0.4, 0.5) is 0 Å². The molecule has 0 aliphatic carbocycles. The van der Waals surface area contributed by atoms with E-state index in [9.17, 15) is 0 Å². The highest BCUT2D eigenvalue weighted by Crippen LogP contribution is 2.11. The Hall–Kier alpha value is -0.400. The van der Waals surface area contributed by atoms with Gasteiger partial charge in [-0.2, -0.15) is 0 Å². The van der Waals surface area contributed by atoms with Crippen molar-refractivity contribution >= 4 is 0 Å². The van der Waals surface area contributed by atoms with Gasteiger partial charge in [0.1, 0.15) is 0 Å². The van der Waals surface area contributed by atoms with E-state index in [1.54, 1.807) is 0 Å². The summed E-state index contributed by atoms with van der Waals surface area (Å²) in [6.45, 7) is 27.7. The Balaban J connectivity index is 0.000000215. The summed E-state index contributed by atoms with van der Waals surface area (Å²) < 4.78 is 33.6. The predicted molar refractivity (Wildman–Crippen MR) is 149 cm³/mol. The van der Waals surface area contributed by atoms with Gasteiger partial charge in [-0.25, -0.2) is 0 Å². The summed E-state index contributed by atoms with van der Waals surface area (Å²) in [5.74, 6) is 0. The lowest BCUT2D eigenvalue weighted by Gasteiger charge is -2.36. The second kappa shape index (κ2) is 18.9. The molecule has 4 heterocycles. The van der Waals surface area contributed by atoms with Gasteiger partial charge in [0.25, 0.3) is 0 Å². The van der Waals surface area contributed by atoms with Gasteiger partial charge in [0.05, 0.1) is 77.3 Å². The molecule has 4 atom stereocenters. The maximum absolute atomic E-state index is 5.82. The van der Waals surface area contributed by atoms with E-state index >= 15 is 0 Å². The summed E-state index contributed by atoms with van der Waals surface area (Å²) in [4.78, 5) is 9.69. The van der Waals surface area contributed by atoms with Gasteiger partial charge in [0.15, 0.2) is 0 Å². The molecule has 0 N–H and O–H groups in total. The van der Waals surface area contributed by atoms with Crippen molar-refractivity contribution in [3.63, 3.8) is 0 Å². The molecular weight excluding hydrogens is 488 g/mol. The molecule has 0 radical (unpaired) electrons. The zero-order valence-electron chi connectivity index (χ0n) is 24.7. The van der Waals surface area contributed by atoms with Crippen LogP contribution in [0.25, 0.3) is 0 Å². The Morgan fingerprint density at radius 1 is 0.474 bits per heavy atom. The van der Waals surface area contributed by atoms with E-state index in [1.165, 1.54) is 0 Å². The van der Waals surface area contributed by atoms with Crippen LogP contribution in [-0.4, -0.2) is 175 Å². The minimum atomic E-state index is 0.338. The van der Waals surface area contributed by atoms with Crippen molar-refractivity contribution in [1.82, 2.24) is 19.6 Å². The third kappa shape index (κ3) is 13.8. The van der Waals surface area contributed by atoms with Crippen molar-refractivity contribution in [1.29, 1.82) is 0 Å². The number of rotatable bonds is 12. The minimum Gasteiger partial charge on any atom is -0.379 e. The van der Waals surface area contributed by atoms with Gasteiger partial charge < -0.3 is 28.4 Å². The molecule has 0 amide bonds. The monoisotopic (exact) mass is 544 g/mol. The number of ether oxygens (including phenoxy) is 6. The van der Waals surface area contributed by atoms with Crippen LogP contribution in [-0.2, 0) is 28.4 Å². The maximum Gasteiger partial charge on any atom is 0.0678 e. The number of hydrogen-bond donors (Lipinski definition) is 0. The van der Waals surface area contributed by atoms with Gasteiger partial charge in [0.2, 0.25) is 0 Å². The number of nitrogens with zero attached hydrogens (tertiary/aromatic N) is 4. The molecule has 0 bridgehead atoms. The van der Waals surface area contributed by atoms with Crippen LogP contribution in [0.2, 0.25) is 0 Å². The summed E-state index contributed by atoms with van der Waals surface area (Å²) in [5, 5.41) is 0. The molecule has 38 heavy (non-hydrogen) atoms. The van der Waals surface area contributed by atoms with Crippen molar-refractivity contribution < 1.29 is 28.4 Å². The van der Waals surface area contributed by atoms with E-state index in [2.05, 4.69) is 47.3 Å².